The third kappa shape index (κ3) is 2.27. The number of hydrogen-bond acceptors (Lipinski definition) is 4. The molecule has 3 aliphatic heterocycles. The van der Waals surface area contributed by atoms with E-state index in [2.05, 4.69) is 4.90 Å². The highest BCUT2D eigenvalue weighted by atomic mass is 16.5. The largest absolute Gasteiger partial charge is 0.364 e. The number of fused-ring (bicyclic) bond motifs is 1. The Labute approximate surface area is 108 Å². The molecule has 3 saturated heterocycles. The molecule has 3 fully saturated rings. The lowest BCUT2D eigenvalue weighted by atomic mass is 10.1. The molecule has 0 saturated carbocycles. The fourth-order valence-electron chi connectivity index (χ4n) is 3.46. The standard InChI is InChI=1S/C13H23N3O2/c14-8-11-3-4-12(18-11)13(17)16-7-6-15-5-1-2-10(15)9-16/h10-12H,1-9,14H2/t10?,11-,12+/m1/s1. The van der Waals surface area contributed by atoms with Crippen molar-refractivity contribution in [1.82, 2.24) is 9.80 Å². The summed E-state index contributed by atoms with van der Waals surface area (Å²) in [5.41, 5.74) is 5.59. The highest BCUT2D eigenvalue weighted by Gasteiger charge is 2.37. The first-order valence-electron chi connectivity index (χ1n) is 7.16. The van der Waals surface area contributed by atoms with Gasteiger partial charge >= 0.3 is 0 Å². The van der Waals surface area contributed by atoms with E-state index in [9.17, 15) is 4.79 Å². The number of hydrogen-bond donors (Lipinski definition) is 1. The quantitative estimate of drug-likeness (QED) is 0.740. The molecular formula is C13H23N3O2. The monoisotopic (exact) mass is 253 g/mol. The van der Waals surface area contributed by atoms with E-state index in [1.807, 2.05) is 4.90 Å². The third-order valence-corrected chi connectivity index (χ3v) is 4.54. The molecule has 0 aliphatic carbocycles. The summed E-state index contributed by atoms with van der Waals surface area (Å²) in [5.74, 6) is 0.192. The number of ether oxygens (including phenoxy) is 1. The Balaban J connectivity index is 1.56. The van der Waals surface area contributed by atoms with E-state index in [0.29, 0.717) is 12.6 Å². The third-order valence-electron chi connectivity index (χ3n) is 4.54. The fraction of sp³-hybridized carbons (Fsp3) is 0.923. The first kappa shape index (κ1) is 12.4. The number of carbonyl (C=O) groups excluding carboxylic acids is 1. The van der Waals surface area contributed by atoms with Crippen LogP contribution in [0.15, 0.2) is 0 Å². The van der Waals surface area contributed by atoms with E-state index < -0.39 is 0 Å². The molecule has 2 N–H and O–H groups in total. The Hall–Kier alpha value is -0.650. The van der Waals surface area contributed by atoms with Crippen LogP contribution in [0.2, 0.25) is 0 Å². The molecule has 3 rings (SSSR count). The van der Waals surface area contributed by atoms with Crippen LogP contribution in [0.5, 0.6) is 0 Å². The van der Waals surface area contributed by atoms with Crippen molar-refractivity contribution in [2.75, 3.05) is 32.7 Å². The zero-order chi connectivity index (χ0) is 12.5. The molecule has 5 nitrogen and oxygen atoms in total. The summed E-state index contributed by atoms with van der Waals surface area (Å²) < 4.78 is 5.71. The predicted octanol–water partition coefficient (Wildman–Crippen LogP) is -0.201. The predicted molar refractivity (Wildman–Crippen MR) is 68.1 cm³/mol. The maximum Gasteiger partial charge on any atom is 0.251 e. The van der Waals surface area contributed by atoms with Gasteiger partial charge in [-0.05, 0) is 32.2 Å². The fourth-order valence-corrected chi connectivity index (χ4v) is 3.46. The summed E-state index contributed by atoms with van der Waals surface area (Å²) in [5, 5.41) is 0. The second-order valence-electron chi connectivity index (χ2n) is 5.68. The molecule has 3 aliphatic rings. The van der Waals surface area contributed by atoms with Crippen molar-refractivity contribution in [3.63, 3.8) is 0 Å². The van der Waals surface area contributed by atoms with Gasteiger partial charge in [-0.1, -0.05) is 0 Å². The number of carbonyl (C=O) groups is 1. The molecule has 102 valence electrons. The van der Waals surface area contributed by atoms with E-state index >= 15 is 0 Å². The summed E-state index contributed by atoms with van der Waals surface area (Å²) in [6.45, 7) is 4.53. The van der Waals surface area contributed by atoms with Crippen LogP contribution >= 0.6 is 0 Å². The van der Waals surface area contributed by atoms with E-state index in [1.165, 1.54) is 19.4 Å². The number of nitrogens with two attached hydrogens (primary N) is 1. The van der Waals surface area contributed by atoms with Gasteiger partial charge in [0.15, 0.2) is 0 Å². The smallest absolute Gasteiger partial charge is 0.251 e. The van der Waals surface area contributed by atoms with Crippen LogP contribution in [0, 0.1) is 0 Å². The van der Waals surface area contributed by atoms with Crippen molar-refractivity contribution in [2.45, 2.75) is 43.9 Å². The van der Waals surface area contributed by atoms with Gasteiger partial charge in [0.1, 0.15) is 6.10 Å². The average Bonchev–Trinajstić information content (AvgIpc) is 3.05. The number of piperazine rings is 1. The molecular weight excluding hydrogens is 230 g/mol. The highest BCUT2D eigenvalue weighted by Crippen LogP contribution is 2.25. The van der Waals surface area contributed by atoms with Crippen molar-refractivity contribution in [3.05, 3.63) is 0 Å². The van der Waals surface area contributed by atoms with Crippen molar-refractivity contribution in [1.29, 1.82) is 0 Å². The van der Waals surface area contributed by atoms with Crippen LogP contribution in [-0.2, 0) is 9.53 Å². The zero-order valence-corrected chi connectivity index (χ0v) is 10.9. The van der Waals surface area contributed by atoms with Crippen molar-refractivity contribution in [2.24, 2.45) is 5.73 Å². The van der Waals surface area contributed by atoms with Crippen LogP contribution in [0.25, 0.3) is 0 Å². The van der Waals surface area contributed by atoms with Crippen LogP contribution in [0.3, 0.4) is 0 Å². The van der Waals surface area contributed by atoms with E-state index in [-0.39, 0.29) is 18.1 Å². The number of nitrogens with zero attached hydrogens (tertiary/aromatic N) is 2. The molecule has 0 radical (unpaired) electrons. The molecule has 1 amide bonds. The molecule has 0 aromatic heterocycles. The number of amides is 1. The Morgan fingerprint density at radius 2 is 2.11 bits per heavy atom. The Bertz CT molecular complexity index is 323. The van der Waals surface area contributed by atoms with E-state index in [1.54, 1.807) is 0 Å². The summed E-state index contributed by atoms with van der Waals surface area (Å²) in [4.78, 5) is 16.9. The van der Waals surface area contributed by atoms with Crippen LogP contribution in [0.1, 0.15) is 25.7 Å². The van der Waals surface area contributed by atoms with Gasteiger partial charge in [-0.15, -0.1) is 0 Å². The maximum absolute atomic E-state index is 12.4. The van der Waals surface area contributed by atoms with Crippen LogP contribution in [0.4, 0.5) is 0 Å². The lowest BCUT2D eigenvalue weighted by Crippen LogP contribution is -2.54. The second-order valence-corrected chi connectivity index (χ2v) is 5.68. The average molecular weight is 253 g/mol. The first-order chi connectivity index (χ1) is 8.78. The highest BCUT2D eigenvalue weighted by molar-refractivity contribution is 5.81. The molecule has 0 bridgehead atoms. The van der Waals surface area contributed by atoms with Gasteiger partial charge in [0.2, 0.25) is 0 Å². The molecule has 3 atom stereocenters. The Morgan fingerprint density at radius 1 is 1.22 bits per heavy atom. The van der Waals surface area contributed by atoms with Gasteiger partial charge in [-0.3, -0.25) is 9.69 Å². The molecule has 0 spiro atoms. The van der Waals surface area contributed by atoms with Crippen molar-refractivity contribution >= 4 is 5.91 Å². The minimum Gasteiger partial charge on any atom is -0.364 e. The normalized spacial score (nSPS) is 36.9. The topological polar surface area (TPSA) is 58.8 Å². The molecule has 5 heteroatoms. The van der Waals surface area contributed by atoms with Gasteiger partial charge in [0, 0.05) is 32.2 Å². The SMILES string of the molecule is NC[C@H]1CC[C@@H](C(=O)N2CCN3CCCC3C2)O1. The Morgan fingerprint density at radius 3 is 2.89 bits per heavy atom. The lowest BCUT2D eigenvalue weighted by molar-refractivity contribution is -0.145. The summed E-state index contributed by atoms with van der Waals surface area (Å²) in [6.07, 6.45) is 4.14. The summed E-state index contributed by atoms with van der Waals surface area (Å²) in [7, 11) is 0. The molecule has 1 unspecified atom stereocenters. The summed E-state index contributed by atoms with van der Waals surface area (Å²) in [6, 6.07) is 0.592. The molecule has 0 aromatic rings. The molecule has 3 heterocycles. The summed E-state index contributed by atoms with van der Waals surface area (Å²) >= 11 is 0. The minimum atomic E-state index is -0.230. The van der Waals surface area contributed by atoms with Crippen LogP contribution in [-0.4, -0.2) is 66.7 Å². The molecule has 18 heavy (non-hydrogen) atoms. The Kier molecular flexibility index (Phi) is 3.54. The van der Waals surface area contributed by atoms with E-state index in [0.717, 1.165) is 32.5 Å². The minimum absolute atomic E-state index is 0.0896. The maximum atomic E-state index is 12.4. The van der Waals surface area contributed by atoms with Crippen molar-refractivity contribution in [3.8, 4) is 0 Å². The zero-order valence-electron chi connectivity index (χ0n) is 10.9. The van der Waals surface area contributed by atoms with Gasteiger partial charge in [-0.2, -0.15) is 0 Å². The second kappa shape index (κ2) is 5.15. The first-order valence-corrected chi connectivity index (χ1v) is 7.16. The van der Waals surface area contributed by atoms with Gasteiger partial charge < -0.3 is 15.4 Å². The van der Waals surface area contributed by atoms with Gasteiger partial charge in [0.25, 0.3) is 5.91 Å². The number of rotatable bonds is 2. The lowest BCUT2D eigenvalue weighted by Gasteiger charge is -2.38. The van der Waals surface area contributed by atoms with Crippen molar-refractivity contribution < 1.29 is 9.53 Å². The van der Waals surface area contributed by atoms with E-state index in [4.69, 9.17) is 10.5 Å². The van der Waals surface area contributed by atoms with Crippen LogP contribution < -0.4 is 5.73 Å². The van der Waals surface area contributed by atoms with Gasteiger partial charge in [0.05, 0.1) is 6.10 Å². The molecule has 0 aromatic carbocycles. The van der Waals surface area contributed by atoms with Gasteiger partial charge in [-0.25, -0.2) is 0 Å².